The van der Waals surface area contributed by atoms with Crippen LogP contribution in [0.2, 0.25) is 0 Å². The van der Waals surface area contributed by atoms with E-state index in [-0.39, 0.29) is 11.2 Å². The van der Waals surface area contributed by atoms with Gasteiger partial charge in [0.15, 0.2) is 4.80 Å². The van der Waals surface area contributed by atoms with Crippen LogP contribution in [0.1, 0.15) is 24.1 Å². The summed E-state index contributed by atoms with van der Waals surface area (Å²) in [6, 6.07) is 14.5. The first-order chi connectivity index (χ1) is 14.9. The smallest absolute Gasteiger partial charge is 0.338 e. The van der Waals surface area contributed by atoms with E-state index in [9.17, 15) is 19.7 Å². The van der Waals surface area contributed by atoms with Gasteiger partial charge in [0.25, 0.3) is 11.2 Å². The lowest BCUT2D eigenvalue weighted by Gasteiger charge is -2.24. The highest BCUT2D eigenvalue weighted by Crippen LogP contribution is 2.30. The van der Waals surface area contributed by atoms with Crippen molar-refractivity contribution in [2.45, 2.75) is 13.0 Å². The van der Waals surface area contributed by atoms with Crippen molar-refractivity contribution in [3.63, 3.8) is 0 Å². The molecule has 1 aliphatic rings. The van der Waals surface area contributed by atoms with E-state index in [0.717, 1.165) is 5.56 Å². The van der Waals surface area contributed by atoms with Crippen LogP contribution >= 0.6 is 11.3 Å². The summed E-state index contributed by atoms with van der Waals surface area (Å²) in [4.78, 5) is 41.2. The number of rotatable bonds is 4. The van der Waals surface area contributed by atoms with Gasteiger partial charge in [0.2, 0.25) is 0 Å². The number of benzene rings is 2. The van der Waals surface area contributed by atoms with Gasteiger partial charge in [0.05, 0.1) is 33.9 Å². The molecule has 8 nitrogen and oxygen atoms in total. The molecule has 4 rings (SSSR count). The van der Waals surface area contributed by atoms with Crippen LogP contribution in [0, 0.1) is 10.1 Å². The number of carbonyl (C=O) groups excluding carboxylic acids is 1. The normalized spacial score (nSPS) is 15.9. The quantitative estimate of drug-likeness (QED) is 0.355. The molecule has 2 aromatic carbocycles. The van der Waals surface area contributed by atoms with E-state index in [0.29, 0.717) is 26.2 Å². The minimum Gasteiger partial charge on any atom is -0.466 e. The molecule has 0 bridgehead atoms. The number of ether oxygens (including phenoxy) is 1. The van der Waals surface area contributed by atoms with Gasteiger partial charge in [-0.25, -0.2) is 9.79 Å². The highest BCUT2D eigenvalue weighted by atomic mass is 32.1. The molecule has 31 heavy (non-hydrogen) atoms. The number of nitro benzene ring substituents is 1. The summed E-state index contributed by atoms with van der Waals surface area (Å²) < 4.78 is 6.87. The van der Waals surface area contributed by atoms with Crippen LogP contribution in [0.25, 0.3) is 6.08 Å². The summed E-state index contributed by atoms with van der Waals surface area (Å²) in [5, 5.41) is 10.9. The van der Waals surface area contributed by atoms with Crippen LogP contribution < -0.4 is 14.9 Å². The van der Waals surface area contributed by atoms with Crippen molar-refractivity contribution in [1.82, 2.24) is 4.57 Å². The van der Waals surface area contributed by atoms with E-state index >= 15 is 0 Å². The average Bonchev–Trinajstić information content (AvgIpc) is 3.07. The molecule has 156 valence electrons. The lowest BCUT2D eigenvalue weighted by atomic mass is 9.96. The van der Waals surface area contributed by atoms with Crippen molar-refractivity contribution >= 4 is 29.1 Å². The fourth-order valence-electron chi connectivity index (χ4n) is 3.49. The molecule has 9 heteroatoms. The Kier molecular flexibility index (Phi) is 5.35. The summed E-state index contributed by atoms with van der Waals surface area (Å²) in [5.74, 6) is -0.542. The predicted molar refractivity (Wildman–Crippen MR) is 115 cm³/mol. The molecule has 0 amide bonds. The molecule has 0 spiro atoms. The van der Waals surface area contributed by atoms with Crippen LogP contribution in [0.4, 0.5) is 5.69 Å². The summed E-state index contributed by atoms with van der Waals surface area (Å²) in [5.41, 5.74) is 1.88. The van der Waals surface area contributed by atoms with Gasteiger partial charge in [-0.05, 0) is 36.3 Å². The number of methoxy groups -OCH3 is 1. The van der Waals surface area contributed by atoms with Crippen LogP contribution in [-0.4, -0.2) is 22.6 Å². The lowest BCUT2D eigenvalue weighted by Crippen LogP contribution is -2.39. The van der Waals surface area contributed by atoms with E-state index < -0.39 is 16.9 Å². The number of carbonyl (C=O) groups is 1. The maximum absolute atomic E-state index is 13.3. The molecule has 0 fully saturated rings. The van der Waals surface area contributed by atoms with Gasteiger partial charge in [-0.1, -0.05) is 41.7 Å². The predicted octanol–water partition coefficient (Wildman–Crippen LogP) is 2.32. The third-order valence-corrected chi connectivity index (χ3v) is 5.93. The minimum absolute atomic E-state index is 0.0268. The second-order valence-electron chi connectivity index (χ2n) is 6.83. The Hall–Kier alpha value is -3.85. The summed E-state index contributed by atoms with van der Waals surface area (Å²) in [7, 11) is 1.30. The van der Waals surface area contributed by atoms with E-state index in [2.05, 4.69) is 4.99 Å². The number of thiazole rings is 1. The SMILES string of the molecule is COC(=O)C1=C(C)N=c2sc(=Cc3ccc([N+](=O)[O-])cc3)c(=O)n2[C@@H]1c1ccccc1. The first-order valence-corrected chi connectivity index (χ1v) is 10.1. The minimum atomic E-state index is -0.663. The van der Waals surface area contributed by atoms with Gasteiger partial charge < -0.3 is 4.74 Å². The number of aromatic nitrogens is 1. The topological polar surface area (TPSA) is 104 Å². The average molecular weight is 435 g/mol. The molecule has 0 saturated carbocycles. The van der Waals surface area contributed by atoms with Gasteiger partial charge in [0.1, 0.15) is 0 Å². The van der Waals surface area contributed by atoms with Crippen LogP contribution in [0.3, 0.4) is 0 Å². The monoisotopic (exact) mass is 435 g/mol. The van der Waals surface area contributed by atoms with Crippen molar-refractivity contribution in [3.8, 4) is 0 Å². The Labute approximate surface area is 180 Å². The number of esters is 1. The zero-order valence-corrected chi connectivity index (χ0v) is 17.5. The Morgan fingerprint density at radius 1 is 1.19 bits per heavy atom. The number of fused-ring (bicyclic) bond motifs is 1. The number of hydrogen-bond donors (Lipinski definition) is 0. The summed E-state index contributed by atoms with van der Waals surface area (Å²) >= 11 is 1.20. The summed E-state index contributed by atoms with van der Waals surface area (Å²) in [6.07, 6.45) is 1.66. The molecule has 3 aromatic rings. The van der Waals surface area contributed by atoms with E-state index in [1.165, 1.54) is 35.1 Å². The highest BCUT2D eigenvalue weighted by Gasteiger charge is 2.32. The molecule has 0 unspecified atom stereocenters. The van der Waals surface area contributed by atoms with Gasteiger partial charge in [-0.2, -0.15) is 0 Å². The first-order valence-electron chi connectivity index (χ1n) is 9.31. The number of hydrogen-bond acceptors (Lipinski definition) is 7. The van der Waals surface area contributed by atoms with E-state index in [4.69, 9.17) is 4.74 Å². The molecule has 1 atom stereocenters. The van der Waals surface area contributed by atoms with Gasteiger partial charge in [-0.15, -0.1) is 0 Å². The van der Waals surface area contributed by atoms with Crippen molar-refractivity contribution in [3.05, 3.63) is 107 Å². The lowest BCUT2D eigenvalue weighted by molar-refractivity contribution is -0.384. The molecular formula is C22H17N3O5S. The fourth-order valence-corrected chi connectivity index (χ4v) is 4.53. The number of non-ortho nitro benzene ring substituents is 1. The Bertz CT molecular complexity index is 1390. The Morgan fingerprint density at radius 2 is 1.87 bits per heavy atom. The Morgan fingerprint density at radius 3 is 2.48 bits per heavy atom. The van der Waals surface area contributed by atoms with Crippen molar-refractivity contribution in [2.75, 3.05) is 7.11 Å². The van der Waals surface area contributed by atoms with Crippen molar-refractivity contribution in [2.24, 2.45) is 4.99 Å². The van der Waals surface area contributed by atoms with Crippen molar-refractivity contribution in [1.29, 1.82) is 0 Å². The van der Waals surface area contributed by atoms with Crippen LogP contribution in [0.5, 0.6) is 0 Å². The molecule has 0 aliphatic carbocycles. The zero-order valence-electron chi connectivity index (χ0n) is 16.6. The highest BCUT2D eigenvalue weighted by molar-refractivity contribution is 7.07. The van der Waals surface area contributed by atoms with Crippen LogP contribution in [-0.2, 0) is 9.53 Å². The molecular weight excluding hydrogens is 418 g/mol. The Balaban J connectivity index is 1.92. The third-order valence-electron chi connectivity index (χ3n) is 4.94. The van der Waals surface area contributed by atoms with E-state index in [1.54, 1.807) is 25.1 Å². The standard InChI is InChI=1S/C22H17N3O5S/c1-13-18(21(27)30-2)19(15-6-4-3-5-7-15)24-20(26)17(31-22(24)23-13)12-14-8-10-16(11-9-14)25(28)29/h3-12,19H,1-2H3/t19-/m1/s1. The molecule has 1 aromatic heterocycles. The summed E-state index contributed by atoms with van der Waals surface area (Å²) in [6.45, 7) is 1.72. The second kappa shape index (κ2) is 8.11. The fraction of sp³-hybridized carbons (Fsp3) is 0.136. The third kappa shape index (κ3) is 3.71. The maximum atomic E-state index is 13.3. The molecule has 1 aliphatic heterocycles. The molecule has 0 N–H and O–H groups in total. The number of nitro groups is 1. The molecule has 0 saturated heterocycles. The van der Waals surface area contributed by atoms with Gasteiger partial charge >= 0.3 is 5.97 Å². The molecule has 2 heterocycles. The largest absolute Gasteiger partial charge is 0.466 e. The van der Waals surface area contributed by atoms with Crippen LogP contribution in [0.15, 0.2) is 75.7 Å². The van der Waals surface area contributed by atoms with Crippen molar-refractivity contribution < 1.29 is 14.5 Å². The first kappa shape index (κ1) is 20.4. The van der Waals surface area contributed by atoms with Gasteiger partial charge in [0, 0.05) is 12.1 Å². The number of allylic oxidation sites excluding steroid dienone is 1. The second-order valence-corrected chi connectivity index (χ2v) is 7.84. The zero-order chi connectivity index (χ0) is 22.1. The van der Waals surface area contributed by atoms with E-state index in [1.807, 2.05) is 30.3 Å². The maximum Gasteiger partial charge on any atom is 0.338 e. The van der Waals surface area contributed by atoms with Gasteiger partial charge in [-0.3, -0.25) is 19.5 Å². The molecule has 0 radical (unpaired) electrons. The number of nitrogens with zero attached hydrogens (tertiary/aromatic N) is 3.